The maximum absolute atomic E-state index is 4.86. The van der Waals surface area contributed by atoms with Gasteiger partial charge in [0.2, 0.25) is 0 Å². The number of rotatable bonds is 0. The number of hydrogen-bond acceptors (Lipinski definition) is 2. The molecule has 0 saturated carbocycles. The molecule has 1 aliphatic rings. The fraction of sp³-hybridized carbons (Fsp3) is 0.750. The van der Waals surface area contributed by atoms with E-state index in [1.807, 2.05) is 0 Å². The van der Waals surface area contributed by atoms with Crippen molar-refractivity contribution in [1.82, 2.24) is 5.32 Å². The van der Waals surface area contributed by atoms with Crippen LogP contribution in [0.2, 0.25) is 0 Å². The van der Waals surface area contributed by atoms with Crippen LogP contribution in [0, 0.1) is 0 Å². The minimum absolute atomic E-state index is 0.968. The van der Waals surface area contributed by atoms with Gasteiger partial charge in [-0.05, 0) is 6.42 Å². The van der Waals surface area contributed by atoms with Crippen molar-refractivity contribution in [2.75, 3.05) is 13.1 Å². The van der Waals surface area contributed by atoms with Gasteiger partial charge in [0.15, 0.2) is 0 Å². The Bertz CT molecular complexity index is 61.9. The molecule has 1 heterocycles. The van der Waals surface area contributed by atoms with Gasteiger partial charge in [-0.15, -0.1) is 0 Å². The molecule has 0 atom stereocenters. The molecule has 0 aliphatic carbocycles. The standard InChI is InChI=1S/C4H7NS/c6-4-1-2-5-3-4/h5H,1-3H2. The lowest BCUT2D eigenvalue weighted by Gasteiger charge is -1.77. The van der Waals surface area contributed by atoms with Gasteiger partial charge in [0.05, 0.1) is 0 Å². The van der Waals surface area contributed by atoms with Gasteiger partial charge in [0.25, 0.3) is 0 Å². The van der Waals surface area contributed by atoms with Crippen molar-refractivity contribution >= 4 is 17.1 Å². The summed E-state index contributed by atoms with van der Waals surface area (Å²) in [6.07, 6.45) is 1.11. The van der Waals surface area contributed by atoms with E-state index < -0.39 is 0 Å². The first-order chi connectivity index (χ1) is 2.89. The molecule has 2 heteroatoms. The van der Waals surface area contributed by atoms with Crippen molar-refractivity contribution in [3.63, 3.8) is 0 Å². The van der Waals surface area contributed by atoms with Gasteiger partial charge in [-0.25, -0.2) is 0 Å². The molecule has 1 saturated heterocycles. The lowest BCUT2D eigenvalue weighted by Crippen LogP contribution is -2.06. The normalized spacial score (nSPS) is 22.3. The zero-order chi connectivity index (χ0) is 4.41. The van der Waals surface area contributed by atoms with Gasteiger partial charge in [-0.3, -0.25) is 0 Å². The van der Waals surface area contributed by atoms with Crippen LogP contribution in [0.3, 0.4) is 0 Å². The molecule has 1 fully saturated rings. The highest BCUT2D eigenvalue weighted by molar-refractivity contribution is 7.80. The molecule has 0 radical (unpaired) electrons. The summed E-state index contributed by atoms with van der Waals surface area (Å²) < 4.78 is 0. The molecule has 6 heavy (non-hydrogen) atoms. The molecule has 1 nitrogen and oxygen atoms in total. The first kappa shape index (κ1) is 4.22. The van der Waals surface area contributed by atoms with Crippen LogP contribution in [0.4, 0.5) is 0 Å². The van der Waals surface area contributed by atoms with E-state index in [2.05, 4.69) is 5.32 Å². The Labute approximate surface area is 42.7 Å². The maximum Gasteiger partial charge on any atom is 0.0269 e. The largest absolute Gasteiger partial charge is 0.312 e. The monoisotopic (exact) mass is 101 g/mol. The predicted octanol–water partition coefficient (Wildman–Crippen LogP) is 0.350. The third-order valence-corrected chi connectivity index (χ3v) is 1.25. The van der Waals surface area contributed by atoms with Gasteiger partial charge < -0.3 is 5.32 Å². The molecule has 0 aromatic heterocycles. The van der Waals surface area contributed by atoms with Gasteiger partial charge in [0, 0.05) is 18.0 Å². The summed E-state index contributed by atoms with van der Waals surface area (Å²) in [6.45, 7) is 2.06. The number of hydrogen-bond donors (Lipinski definition) is 1. The summed E-state index contributed by atoms with van der Waals surface area (Å²) in [5, 5.41) is 3.13. The fourth-order valence-corrected chi connectivity index (χ4v) is 0.748. The van der Waals surface area contributed by atoms with Gasteiger partial charge >= 0.3 is 0 Å². The first-order valence-corrected chi connectivity index (χ1v) is 2.53. The van der Waals surface area contributed by atoms with E-state index >= 15 is 0 Å². The van der Waals surface area contributed by atoms with Crippen LogP contribution in [0.15, 0.2) is 0 Å². The van der Waals surface area contributed by atoms with Crippen LogP contribution >= 0.6 is 12.2 Å². The summed E-state index contributed by atoms with van der Waals surface area (Å²) in [5.41, 5.74) is 0. The third kappa shape index (κ3) is 0.758. The van der Waals surface area contributed by atoms with Crippen molar-refractivity contribution in [3.8, 4) is 0 Å². The Kier molecular flexibility index (Phi) is 1.17. The Hall–Kier alpha value is 0.0500. The highest BCUT2D eigenvalue weighted by Gasteiger charge is 2.01. The Morgan fingerprint density at radius 2 is 2.50 bits per heavy atom. The molecule has 0 unspecified atom stereocenters. The molecular weight excluding hydrogens is 94.1 g/mol. The summed E-state index contributed by atoms with van der Waals surface area (Å²) >= 11 is 4.86. The smallest absolute Gasteiger partial charge is 0.0269 e. The van der Waals surface area contributed by atoms with Crippen LogP contribution in [-0.2, 0) is 0 Å². The van der Waals surface area contributed by atoms with E-state index in [1.165, 1.54) is 4.86 Å². The fourth-order valence-electron chi connectivity index (χ4n) is 0.544. The van der Waals surface area contributed by atoms with E-state index in [9.17, 15) is 0 Å². The summed E-state index contributed by atoms with van der Waals surface area (Å²) in [6, 6.07) is 0. The second-order valence-electron chi connectivity index (χ2n) is 1.47. The van der Waals surface area contributed by atoms with E-state index in [0.29, 0.717) is 0 Å². The van der Waals surface area contributed by atoms with Crippen LogP contribution < -0.4 is 5.32 Å². The molecule has 0 spiro atoms. The molecule has 1 aliphatic heterocycles. The zero-order valence-electron chi connectivity index (χ0n) is 3.53. The van der Waals surface area contributed by atoms with Crippen molar-refractivity contribution in [3.05, 3.63) is 0 Å². The van der Waals surface area contributed by atoms with Crippen molar-refractivity contribution in [1.29, 1.82) is 0 Å². The van der Waals surface area contributed by atoms with Gasteiger partial charge in [0.1, 0.15) is 0 Å². The second kappa shape index (κ2) is 1.67. The predicted molar refractivity (Wildman–Crippen MR) is 30.1 cm³/mol. The van der Waals surface area contributed by atoms with Crippen LogP contribution in [0.1, 0.15) is 6.42 Å². The molecule has 1 N–H and O–H groups in total. The molecule has 34 valence electrons. The van der Waals surface area contributed by atoms with Crippen molar-refractivity contribution in [2.24, 2.45) is 0 Å². The van der Waals surface area contributed by atoms with E-state index in [-0.39, 0.29) is 0 Å². The highest BCUT2D eigenvalue weighted by Crippen LogP contribution is 1.89. The molecule has 0 amide bonds. The molecule has 0 aromatic rings. The van der Waals surface area contributed by atoms with Crippen molar-refractivity contribution < 1.29 is 0 Å². The lowest BCUT2D eigenvalue weighted by atomic mass is 10.4. The molecular formula is C4H7NS. The van der Waals surface area contributed by atoms with Crippen LogP contribution in [0.25, 0.3) is 0 Å². The Morgan fingerprint density at radius 1 is 1.67 bits per heavy atom. The minimum atomic E-state index is 0.968. The number of nitrogens with one attached hydrogen (secondary N) is 1. The van der Waals surface area contributed by atoms with Crippen LogP contribution in [-0.4, -0.2) is 18.0 Å². The Morgan fingerprint density at radius 3 is 2.67 bits per heavy atom. The SMILES string of the molecule is S=C1CCNC1. The van der Waals surface area contributed by atoms with E-state index in [1.54, 1.807) is 0 Å². The highest BCUT2D eigenvalue weighted by atomic mass is 32.1. The summed E-state index contributed by atoms with van der Waals surface area (Å²) in [5.74, 6) is 0. The van der Waals surface area contributed by atoms with E-state index in [4.69, 9.17) is 12.2 Å². The van der Waals surface area contributed by atoms with Gasteiger partial charge in [-0.1, -0.05) is 12.2 Å². The topological polar surface area (TPSA) is 12.0 Å². The average molecular weight is 101 g/mol. The molecule has 0 aromatic carbocycles. The van der Waals surface area contributed by atoms with E-state index in [0.717, 1.165) is 19.5 Å². The minimum Gasteiger partial charge on any atom is -0.312 e. The summed E-state index contributed by atoms with van der Waals surface area (Å²) in [7, 11) is 0. The van der Waals surface area contributed by atoms with Crippen LogP contribution in [0.5, 0.6) is 0 Å². The Balaban J connectivity index is 2.37. The first-order valence-electron chi connectivity index (χ1n) is 2.12. The van der Waals surface area contributed by atoms with Gasteiger partial charge in [-0.2, -0.15) is 0 Å². The lowest BCUT2D eigenvalue weighted by molar-refractivity contribution is 0.863. The maximum atomic E-state index is 4.86. The zero-order valence-corrected chi connectivity index (χ0v) is 4.35. The quantitative estimate of drug-likeness (QED) is 0.442. The average Bonchev–Trinajstić information content (AvgIpc) is 1.86. The second-order valence-corrected chi connectivity index (χ2v) is 2.04. The molecule has 1 rings (SSSR count). The van der Waals surface area contributed by atoms with Crippen molar-refractivity contribution in [2.45, 2.75) is 6.42 Å². The third-order valence-electron chi connectivity index (χ3n) is 0.903. The number of thiocarbonyl (C=S) groups is 1. The summed E-state index contributed by atoms with van der Waals surface area (Å²) in [4.78, 5) is 1.18. The molecule has 0 bridgehead atoms.